The first-order valence-electron chi connectivity index (χ1n) is 31.8. The van der Waals surface area contributed by atoms with Crippen LogP contribution in [0.1, 0.15) is 290 Å². The molecule has 0 aromatic rings. The Kier molecular flexibility index (Phi) is 57.7. The largest absolute Gasteiger partial charge is 0.472 e. The first-order chi connectivity index (χ1) is 38.2. The standard InChI is InChI=1S/C66H117O11P/c1-4-7-10-13-16-19-22-25-28-30-31-33-36-39-42-45-48-51-54-57-66(70)77-63(59-73-64(68)55-52-49-46-43-40-37-34-27-24-21-18-15-12-9-6-3)61-75-78(71,72)74-60-62(58-67)76-65(69)56-53-50-47-44-41-38-35-32-29-26-23-20-17-14-11-8-5-2/h16-21,25-29,34,62-63,67H,4-15,22-24,30-33,35-61H2,1-3H3,(H,71,72)/b19-16-,20-17-,21-18-,28-25-,29-26-,34-27-. The van der Waals surface area contributed by atoms with Gasteiger partial charge in [-0.25, -0.2) is 4.57 Å². The van der Waals surface area contributed by atoms with Crippen molar-refractivity contribution in [3.05, 3.63) is 72.9 Å². The summed E-state index contributed by atoms with van der Waals surface area (Å²) < 4.78 is 39.7. The molecule has 0 aromatic carbocycles. The van der Waals surface area contributed by atoms with Gasteiger partial charge in [-0.15, -0.1) is 0 Å². The smallest absolute Gasteiger partial charge is 0.462 e. The van der Waals surface area contributed by atoms with Crippen molar-refractivity contribution in [1.82, 2.24) is 0 Å². The second kappa shape index (κ2) is 60.0. The average Bonchev–Trinajstić information content (AvgIpc) is 3.43. The van der Waals surface area contributed by atoms with Crippen LogP contribution in [0, 0.1) is 0 Å². The Morgan fingerprint density at radius 2 is 0.628 bits per heavy atom. The van der Waals surface area contributed by atoms with Crippen LogP contribution in [0.15, 0.2) is 72.9 Å². The molecule has 452 valence electrons. The van der Waals surface area contributed by atoms with Gasteiger partial charge in [0.15, 0.2) is 6.10 Å². The van der Waals surface area contributed by atoms with Crippen molar-refractivity contribution in [3.63, 3.8) is 0 Å². The highest BCUT2D eigenvalue weighted by molar-refractivity contribution is 7.47. The second-order valence-corrected chi connectivity index (χ2v) is 22.7. The minimum absolute atomic E-state index is 0.158. The van der Waals surface area contributed by atoms with E-state index in [1.54, 1.807) is 0 Å². The van der Waals surface area contributed by atoms with Crippen LogP contribution >= 0.6 is 7.82 Å². The maximum atomic E-state index is 12.9. The normalized spacial score (nSPS) is 13.8. The van der Waals surface area contributed by atoms with E-state index in [9.17, 15) is 28.9 Å². The van der Waals surface area contributed by atoms with E-state index >= 15 is 0 Å². The molecule has 12 heteroatoms. The zero-order valence-corrected chi connectivity index (χ0v) is 51.0. The van der Waals surface area contributed by atoms with Crippen LogP contribution in [0.3, 0.4) is 0 Å². The van der Waals surface area contributed by atoms with Gasteiger partial charge in [0.05, 0.1) is 19.8 Å². The van der Waals surface area contributed by atoms with Crippen molar-refractivity contribution in [2.45, 2.75) is 303 Å². The molecule has 0 aromatic heterocycles. The molecule has 0 aliphatic carbocycles. The Balaban J connectivity index is 4.71. The van der Waals surface area contributed by atoms with Gasteiger partial charge in [0.1, 0.15) is 12.7 Å². The quantitative estimate of drug-likeness (QED) is 0.0197. The number of carbonyl (C=O) groups excluding carboxylic acids is 3. The van der Waals surface area contributed by atoms with Crippen LogP contribution in [0.2, 0.25) is 0 Å². The van der Waals surface area contributed by atoms with Crippen molar-refractivity contribution >= 4 is 25.7 Å². The van der Waals surface area contributed by atoms with Crippen LogP contribution in [-0.4, -0.2) is 66.5 Å². The van der Waals surface area contributed by atoms with Gasteiger partial charge in [0, 0.05) is 19.3 Å². The monoisotopic (exact) mass is 1120 g/mol. The fourth-order valence-corrected chi connectivity index (χ4v) is 9.47. The molecule has 0 rings (SSSR count). The zero-order chi connectivity index (χ0) is 56.9. The maximum Gasteiger partial charge on any atom is 0.472 e. The molecular weight excluding hydrogens is 1000 g/mol. The molecule has 0 heterocycles. The topological polar surface area (TPSA) is 155 Å². The van der Waals surface area contributed by atoms with E-state index in [1.807, 2.05) is 0 Å². The number of unbranched alkanes of at least 4 members (excludes halogenated alkanes) is 30. The van der Waals surface area contributed by atoms with E-state index < -0.39 is 57.8 Å². The van der Waals surface area contributed by atoms with Crippen molar-refractivity contribution < 1.29 is 52.2 Å². The zero-order valence-electron chi connectivity index (χ0n) is 50.1. The van der Waals surface area contributed by atoms with Gasteiger partial charge in [-0.1, -0.05) is 229 Å². The molecule has 0 aliphatic heterocycles. The van der Waals surface area contributed by atoms with Crippen LogP contribution in [-0.2, 0) is 42.2 Å². The van der Waals surface area contributed by atoms with Gasteiger partial charge < -0.3 is 24.2 Å². The lowest BCUT2D eigenvalue weighted by Gasteiger charge is -2.21. The Labute approximate surface area is 478 Å². The molecule has 0 fully saturated rings. The minimum atomic E-state index is -4.76. The molecule has 3 atom stereocenters. The second-order valence-electron chi connectivity index (χ2n) is 21.2. The van der Waals surface area contributed by atoms with Crippen molar-refractivity contribution in [2.24, 2.45) is 0 Å². The number of carbonyl (C=O) groups is 3. The molecule has 0 aliphatic rings. The van der Waals surface area contributed by atoms with Crippen LogP contribution in [0.4, 0.5) is 0 Å². The van der Waals surface area contributed by atoms with Gasteiger partial charge in [0.25, 0.3) is 0 Å². The van der Waals surface area contributed by atoms with Crippen molar-refractivity contribution in [2.75, 3.05) is 26.4 Å². The summed E-state index contributed by atoms with van der Waals surface area (Å²) in [6.07, 6.45) is 68.4. The Bertz CT molecular complexity index is 1590. The highest BCUT2D eigenvalue weighted by Gasteiger charge is 2.28. The fourth-order valence-electron chi connectivity index (χ4n) is 8.68. The van der Waals surface area contributed by atoms with E-state index in [0.717, 1.165) is 116 Å². The number of esters is 3. The Morgan fingerprint density at radius 3 is 0.949 bits per heavy atom. The summed E-state index contributed by atoms with van der Waals surface area (Å²) in [5.74, 6) is -1.48. The summed E-state index contributed by atoms with van der Waals surface area (Å²) in [6, 6.07) is 0. The first kappa shape index (κ1) is 74.9. The van der Waals surface area contributed by atoms with E-state index in [2.05, 4.69) is 93.7 Å². The average molecular weight is 1120 g/mol. The molecule has 3 unspecified atom stereocenters. The number of aliphatic hydroxyl groups is 1. The van der Waals surface area contributed by atoms with Gasteiger partial charge in [-0.3, -0.25) is 23.4 Å². The molecule has 2 N–H and O–H groups in total. The predicted octanol–water partition coefficient (Wildman–Crippen LogP) is 19.3. The lowest BCUT2D eigenvalue weighted by atomic mass is 10.1. The van der Waals surface area contributed by atoms with Gasteiger partial charge in [0.2, 0.25) is 0 Å². The van der Waals surface area contributed by atoms with Crippen LogP contribution in [0.5, 0.6) is 0 Å². The maximum absolute atomic E-state index is 12.9. The minimum Gasteiger partial charge on any atom is -0.462 e. The summed E-state index contributed by atoms with van der Waals surface area (Å²) in [6.45, 7) is 4.58. The molecule has 78 heavy (non-hydrogen) atoms. The molecule has 0 saturated carbocycles. The predicted molar refractivity (Wildman–Crippen MR) is 325 cm³/mol. The summed E-state index contributed by atoms with van der Waals surface area (Å²) >= 11 is 0. The number of ether oxygens (including phenoxy) is 3. The number of rotatable bonds is 59. The number of phosphoric ester groups is 1. The Hall–Kier alpha value is -3.08. The third-order valence-corrected chi connectivity index (χ3v) is 14.5. The van der Waals surface area contributed by atoms with E-state index in [-0.39, 0.29) is 25.9 Å². The van der Waals surface area contributed by atoms with Gasteiger partial charge in [-0.05, 0) is 116 Å². The fraction of sp³-hybridized carbons (Fsp3) is 0.773. The number of hydrogen-bond donors (Lipinski definition) is 2. The highest BCUT2D eigenvalue weighted by atomic mass is 31.2. The molecule has 0 amide bonds. The molecule has 0 saturated heterocycles. The number of phosphoric acid groups is 1. The third-order valence-electron chi connectivity index (χ3n) is 13.6. The summed E-state index contributed by atoms with van der Waals surface area (Å²) in [7, 11) is -4.76. The third kappa shape index (κ3) is 57.6. The number of allylic oxidation sites excluding steroid dienone is 12. The van der Waals surface area contributed by atoms with Crippen molar-refractivity contribution in [3.8, 4) is 0 Å². The summed E-state index contributed by atoms with van der Waals surface area (Å²) in [5.41, 5.74) is 0. The number of hydrogen-bond acceptors (Lipinski definition) is 10. The lowest BCUT2D eigenvalue weighted by molar-refractivity contribution is -0.161. The molecule has 0 bridgehead atoms. The molecule has 0 spiro atoms. The highest BCUT2D eigenvalue weighted by Crippen LogP contribution is 2.43. The van der Waals surface area contributed by atoms with E-state index in [1.165, 1.54) is 116 Å². The molecule has 0 radical (unpaired) electrons. The van der Waals surface area contributed by atoms with Gasteiger partial charge in [-0.2, -0.15) is 0 Å². The lowest BCUT2D eigenvalue weighted by Crippen LogP contribution is -2.30. The van der Waals surface area contributed by atoms with Crippen LogP contribution < -0.4 is 0 Å². The number of aliphatic hydroxyl groups excluding tert-OH is 1. The SMILES string of the molecule is CCCCC/C=C\C/C=C\CCCCCCCCCCCC(=O)OC(COC(=O)CCCCCCC/C=C\C/C=C\CCCCC)COP(=O)(O)OCC(CO)OC(=O)CCCCCCCCC/C=C\C/C=C\CCCCC. The molecular formula is C66H117O11P. The molecule has 11 nitrogen and oxygen atoms in total. The first-order valence-corrected chi connectivity index (χ1v) is 33.3. The summed E-state index contributed by atoms with van der Waals surface area (Å²) in [4.78, 5) is 48.7. The van der Waals surface area contributed by atoms with E-state index in [4.69, 9.17) is 23.3 Å². The Morgan fingerprint density at radius 1 is 0.359 bits per heavy atom. The van der Waals surface area contributed by atoms with Gasteiger partial charge >= 0.3 is 25.7 Å². The summed E-state index contributed by atoms with van der Waals surface area (Å²) in [5, 5.41) is 9.85. The van der Waals surface area contributed by atoms with E-state index in [0.29, 0.717) is 19.3 Å². The van der Waals surface area contributed by atoms with Crippen LogP contribution in [0.25, 0.3) is 0 Å². The van der Waals surface area contributed by atoms with Crippen molar-refractivity contribution in [1.29, 1.82) is 0 Å².